The van der Waals surface area contributed by atoms with Crippen molar-refractivity contribution in [3.63, 3.8) is 0 Å². The van der Waals surface area contributed by atoms with Crippen molar-refractivity contribution in [3.05, 3.63) is 65.4 Å². The third-order valence-corrected chi connectivity index (χ3v) is 7.61. The number of carbonyl (C=O) groups is 2. The van der Waals surface area contributed by atoms with Gasteiger partial charge in [-0.1, -0.05) is 12.1 Å². The molecule has 2 fully saturated rings. The normalized spacial score (nSPS) is 19.2. The number of hydrogen-bond acceptors (Lipinski definition) is 6. The fraction of sp³-hybridized carbons (Fsp3) is 0.379. The molecule has 1 aromatic heterocycles. The summed E-state index contributed by atoms with van der Waals surface area (Å²) in [7, 11) is 0. The zero-order valence-electron chi connectivity index (χ0n) is 21.2. The van der Waals surface area contributed by atoms with E-state index in [4.69, 9.17) is 4.98 Å². The minimum atomic E-state index is -0.0733. The highest BCUT2D eigenvalue weighted by Crippen LogP contribution is 2.34. The van der Waals surface area contributed by atoms with Crippen molar-refractivity contribution < 1.29 is 9.59 Å². The number of hydrogen-bond donors (Lipinski definition) is 2. The molecule has 4 heterocycles. The Balaban J connectivity index is 1.18. The lowest BCUT2D eigenvalue weighted by Gasteiger charge is -2.28. The van der Waals surface area contributed by atoms with E-state index < -0.39 is 0 Å². The first kappa shape index (κ1) is 23.6. The highest BCUT2D eigenvalue weighted by molar-refractivity contribution is 6.00. The van der Waals surface area contributed by atoms with Crippen LogP contribution < -0.4 is 10.6 Å². The molecule has 2 amide bonds. The van der Waals surface area contributed by atoms with Gasteiger partial charge >= 0.3 is 0 Å². The lowest BCUT2D eigenvalue weighted by molar-refractivity contribution is -0.115. The maximum atomic E-state index is 13.3. The largest absolute Gasteiger partial charge is 0.334 e. The average Bonchev–Trinajstić information content (AvgIpc) is 3.55. The number of rotatable bonds is 5. The molecule has 2 aromatic carbocycles. The zero-order valence-corrected chi connectivity index (χ0v) is 21.2. The quantitative estimate of drug-likeness (QED) is 0.545. The van der Waals surface area contributed by atoms with Gasteiger partial charge in [0.15, 0.2) is 0 Å². The zero-order chi connectivity index (χ0) is 25.4. The van der Waals surface area contributed by atoms with E-state index in [9.17, 15) is 9.59 Å². The van der Waals surface area contributed by atoms with E-state index in [1.165, 1.54) is 12.8 Å². The van der Waals surface area contributed by atoms with Gasteiger partial charge in [-0.3, -0.25) is 9.59 Å². The van der Waals surface area contributed by atoms with E-state index in [1.54, 1.807) is 6.20 Å². The molecule has 6 rings (SSSR count). The number of nitrogens with one attached hydrogen (secondary N) is 2. The van der Waals surface area contributed by atoms with Crippen molar-refractivity contribution >= 4 is 29.1 Å². The lowest BCUT2D eigenvalue weighted by atomic mass is 10.0. The Morgan fingerprint density at radius 3 is 2.70 bits per heavy atom. The molecule has 0 bridgehead atoms. The number of anilines is 3. The standard InChI is InChI=1S/C29H32N6O2/c1-19-6-11-24-25(15-19)32-26(36)16-21-17-30-29(33-27(21)24)31-22-9-7-20(8-10-22)28(37)35-14-4-5-23(35)18-34-12-2-3-13-34/h6-11,15,17,23H,2-5,12-14,16,18H2,1H3,(H,32,36)(H,30,31,33)/t23-/m0/s1. The van der Waals surface area contributed by atoms with Crippen LogP contribution in [0.5, 0.6) is 0 Å². The molecule has 8 nitrogen and oxygen atoms in total. The van der Waals surface area contributed by atoms with E-state index >= 15 is 0 Å². The Morgan fingerprint density at radius 1 is 1.08 bits per heavy atom. The molecule has 3 aliphatic heterocycles. The minimum Gasteiger partial charge on any atom is -0.334 e. The molecule has 8 heteroatoms. The van der Waals surface area contributed by atoms with Gasteiger partial charge in [0.2, 0.25) is 11.9 Å². The molecule has 3 aromatic rings. The lowest BCUT2D eigenvalue weighted by Crippen LogP contribution is -2.42. The van der Waals surface area contributed by atoms with Crippen molar-refractivity contribution in [3.8, 4) is 11.3 Å². The first-order valence-electron chi connectivity index (χ1n) is 13.2. The van der Waals surface area contributed by atoms with Gasteiger partial charge in [0.1, 0.15) is 0 Å². The van der Waals surface area contributed by atoms with Gasteiger partial charge in [0.25, 0.3) is 5.91 Å². The van der Waals surface area contributed by atoms with Crippen LogP contribution in [0, 0.1) is 6.92 Å². The fourth-order valence-electron chi connectivity index (χ4n) is 5.71. The van der Waals surface area contributed by atoms with Crippen LogP contribution in [-0.4, -0.2) is 63.8 Å². The van der Waals surface area contributed by atoms with Gasteiger partial charge in [0, 0.05) is 47.7 Å². The summed E-state index contributed by atoms with van der Waals surface area (Å²) in [4.78, 5) is 39.4. The summed E-state index contributed by atoms with van der Waals surface area (Å²) in [5.41, 5.74) is 5.76. The van der Waals surface area contributed by atoms with E-state index in [2.05, 4.69) is 25.4 Å². The van der Waals surface area contributed by atoms with Gasteiger partial charge in [-0.05, 0) is 81.6 Å². The summed E-state index contributed by atoms with van der Waals surface area (Å²) < 4.78 is 0. The molecule has 3 aliphatic rings. The second-order valence-electron chi connectivity index (χ2n) is 10.3. The molecule has 1 atom stereocenters. The number of nitrogens with zero attached hydrogens (tertiary/aromatic N) is 4. The van der Waals surface area contributed by atoms with Crippen LogP contribution in [0.4, 0.5) is 17.3 Å². The summed E-state index contributed by atoms with van der Waals surface area (Å²) in [6.45, 7) is 6.13. The molecule has 2 N–H and O–H groups in total. The summed E-state index contributed by atoms with van der Waals surface area (Å²) in [5.74, 6) is 0.485. The Hall–Kier alpha value is -3.78. The number of benzene rings is 2. The van der Waals surface area contributed by atoms with Gasteiger partial charge in [-0.25, -0.2) is 9.97 Å². The first-order chi connectivity index (χ1) is 18.0. The number of aromatic nitrogens is 2. The van der Waals surface area contributed by atoms with Crippen LogP contribution in [0.15, 0.2) is 48.7 Å². The van der Waals surface area contributed by atoms with E-state index in [0.29, 0.717) is 17.6 Å². The number of likely N-dealkylation sites (tertiary alicyclic amines) is 2. The van der Waals surface area contributed by atoms with Gasteiger partial charge in [0.05, 0.1) is 17.8 Å². The highest BCUT2D eigenvalue weighted by atomic mass is 16.2. The van der Waals surface area contributed by atoms with Gasteiger partial charge < -0.3 is 20.4 Å². The predicted octanol–water partition coefficient (Wildman–Crippen LogP) is 4.39. The van der Waals surface area contributed by atoms with E-state index in [1.807, 2.05) is 49.4 Å². The van der Waals surface area contributed by atoms with Crippen molar-refractivity contribution in [2.75, 3.05) is 36.8 Å². The second-order valence-corrected chi connectivity index (χ2v) is 10.3. The second kappa shape index (κ2) is 9.94. The topological polar surface area (TPSA) is 90.5 Å². The van der Waals surface area contributed by atoms with E-state index in [-0.39, 0.29) is 18.2 Å². The third-order valence-electron chi connectivity index (χ3n) is 7.61. The van der Waals surface area contributed by atoms with Gasteiger partial charge in [-0.15, -0.1) is 0 Å². The summed E-state index contributed by atoms with van der Waals surface area (Å²) in [5, 5.41) is 6.24. The van der Waals surface area contributed by atoms with Crippen LogP contribution in [0.2, 0.25) is 0 Å². The Labute approximate surface area is 217 Å². The van der Waals surface area contributed by atoms with Gasteiger partial charge in [-0.2, -0.15) is 0 Å². The van der Waals surface area contributed by atoms with Crippen molar-refractivity contribution in [2.45, 2.75) is 45.1 Å². The minimum absolute atomic E-state index is 0.0733. The average molecular weight is 497 g/mol. The number of carbonyl (C=O) groups excluding carboxylic acids is 2. The monoisotopic (exact) mass is 496 g/mol. The fourth-order valence-corrected chi connectivity index (χ4v) is 5.71. The molecule has 0 unspecified atom stereocenters. The van der Waals surface area contributed by atoms with E-state index in [0.717, 1.165) is 72.8 Å². The maximum absolute atomic E-state index is 13.3. The van der Waals surface area contributed by atoms with Crippen molar-refractivity contribution in [1.29, 1.82) is 0 Å². The molecule has 37 heavy (non-hydrogen) atoms. The maximum Gasteiger partial charge on any atom is 0.254 e. The highest BCUT2D eigenvalue weighted by Gasteiger charge is 2.31. The number of amides is 2. The number of aryl methyl sites for hydroxylation is 1. The van der Waals surface area contributed by atoms with Crippen LogP contribution in [0.25, 0.3) is 11.3 Å². The Morgan fingerprint density at radius 2 is 1.89 bits per heavy atom. The summed E-state index contributed by atoms with van der Waals surface area (Å²) >= 11 is 0. The smallest absolute Gasteiger partial charge is 0.254 e. The molecule has 0 aliphatic carbocycles. The predicted molar refractivity (Wildman–Crippen MR) is 144 cm³/mol. The Kier molecular flexibility index (Phi) is 6.34. The molecule has 2 saturated heterocycles. The Bertz CT molecular complexity index is 1330. The third kappa shape index (κ3) is 4.93. The van der Waals surface area contributed by atoms with Crippen molar-refractivity contribution in [1.82, 2.24) is 19.8 Å². The first-order valence-corrected chi connectivity index (χ1v) is 13.2. The molecular formula is C29H32N6O2. The summed E-state index contributed by atoms with van der Waals surface area (Å²) in [6.07, 6.45) is 6.64. The van der Waals surface area contributed by atoms with Crippen LogP contribution in [0.1, 0.15) is 47.2 Å². The summed E-state index contributed by atoms with van der Waals surface area (Å²) in [6, 6.07) is 13.8. The number of fused-ring (bicyclic) bond motifs is 3. The van der Waals surface area contributed by atoms with Crippen LogP contribution in [0.3, 0.4) is 0 Å². The molecule has 0 radical (unpaired) electrons. The molecular weight excluding hydrogens is 464 g/mol. The molecule has 0 spiro atoms. The van der Waals surface area contributed by atoms with Crippen LogP contribution >= 0.6 is 0 Å². The molecule has 0 saturated carbocycles. The van der Waals surface area contributed by atoms with Crippen molar-refractivity contribution in [2.24, 2.45) is 0 Å². The van der Waals surface area contributed by atoms with Crippen LogP contribution in [-0.2, 0) is 11.2 Å². The SMILES string of the molecule is Cc1ccc2c(c1)NC(=O)Cc1cnc(Nc3ccc(C(=O)N4CCC[C@H]4CN4CCCC4)cc3)nc1-2. The molecule has 190 valence electrons.